The fourth-order valence-electron chi connectivity index (χ4n) is 2.06. The fraction of sp³-hybridized carbons (Fsp3) is 0.357. The number of rotatable bonds is 5. The molecule has 0 radical (unpaired) electrons. The van der Waals surface area contributed by atoms with E-state index in [4.69, 9.17) is 10.2 Å². The predicted molar refractivity (Wildman–Crippen MR) is 82.2 cm³/mol. The summed E-state index contributed by atoms with van der Waals surface area (Å²) < 4.78 is 5.23. The van der Waals surface area contributed by atoms with Gasteiger partial charge in [-0.1, -0.05) is 29.5 Å². The molecule has 0 spiro atoms. The van der Waals surface area contributed by atoms with Gasteiger partial charge in [0.2, 0.25) is 11.8 Å². The molecule has 0 saturated heterocycles. The quantitative estimate of drug-likeness (QED) is 0.822. The number of nitrogens with two attached hydrogens (primary N) is 1. The summed E-state index contributed by atoms with van der Waals surface area (Å²) >= 11 is 1.19. The van der Waals surface area contributed by atoms with Gasteiger partial charge in [-0.25, -0.2) is 0 Å². The van der Waals surface area contributed by atoms with Crippen LogP contribution in [0.15, 0.2) is 21.8 Å². The van der Waals surface area contributed by atoms with Crippen molar-refractivity contribution in [1.29, 1.82) is 0 Å². The summed E-state index contributed by atoms with van der Waals surface area (Å²) in [5, 5.41) is 10.8. The molecule has 0 aliphatic heterocycles. The van der Waals surface area contributed by atoms with Gasteiger partial charge in [-0.3, -0.25) is 4.79 Å². The van der Waals surface area contributed by atoms with Crippen LogP contribution in [0.4, 0.5) is 5.69 Å². The van der Waals surface area contributed by atoms with Gasteiger partial charge in [-0.2, -0.15) is 0 Å². The topological polar surface area (TPSA) is 94.0 Å². The van der Waals surface area contributed by atoms with Gasteiger partial charge in [-0.15, -0.1) is 10.2 Å². The lowest BCUT2D eigenvalue weighted by Gasteiger charge is -2.12. The number of hydrogen-bond acceptors (Lipinski definition) is 6. The normalized spacial score (nSPS) is 10.7. The Hall–Kier alpha value is -1.86. The van der Waals surface area contributed by atoms with E-state index in [1.54, 1.807) is 0 Å². The Labute approximate surface area is 127 Å². The van der Waals surface area contributed by atoms with Crippen LogP contribution in [-0.2, 0) is 11.3 Å². The molecule has 0 fully saturated rings. The van der Waals surface area contributed by atoms with Gasteiger partial charge < -0.3 is 15.5 Å². The Morgan fingerprint density at radius 3 is 2.52 bits per heavy atom. The Morgan fingerprint density at radius 2 is 1.95 bits per heavy atom. The van der Waals surface area contributed by atoms with E-state index in [1.807, 2.05) is 32.9 Å². The summed E-state index contributed by atoms with van der Waals surface area (Å²) in [5.74, 6) is 0.463. The molecule has 1 heterocycles. The zero-order chi connectivity index (χ0) is 15.4. The van der Waals surface area contributed by atoms with Crippen molar-refractivity contribution in [2.24, 2.45) is 5.73 Å². The van der Waals surface area contributed by atoms with Gasteiger partial charge in [0.25, 0.3) is 5.22 Å². The molecule has 3 N–H and O–H groups in total. The van der Waals surface area contributed by atoms with Gasteiger partial charge in [0, 0.05) is 5.69 Å². The number of carbonyl (C=O) groups excluding carboxylic acids is 1. The van der Waals surface area contributed by atoms with E-state index < -0.39 is 0 Å². The lowest BCUT2D eigenvalue weighted by molar-refractivity contribution is -0.113. The van der Waals surface area contributed by atoms with Crippen molar-refractivity contribution in [3.05, 3.63) is 34.7 Å². The zero-order valence-corrected chi connectivity index (χ0v) is 13.1. The molecule has 0 aliphatic carbocycles. The van der Waals surface area contributed by atoms with Crippen molar-refractivity contribution < 1.29 is 9.21 Å². The molecule has 6 nitrogen and oxygen atoms in total. The third kappa shape index (κ3) is 4.05. The number of aromatic nitrogens is 2. The van der Waals surface area contributed by atoms with Crippen molar-refractivity contribution in [2.45, 2.75) is 32.5 Å². The van der Waals surface area contributed by atoms with Gasteiger partial charge in [0.1, 0.15) is 0 Å². The smallest absolute Gasteiger partial charge is 0.277 e. The molecule has 0 saturated carbocycles. The Morgan fingerprint density at radius 1 is 1.29 bits per heavy atom. The first kappa shape index (κ1) is 15.5. The SMILES string of the molecule is Cc1cc(C)c(NC(=O)CSc2nnc(CN)o2)c(C)c1. The maximum Gasteiger partial charge on any atom is 0.277 e. The number of anilines is 1. The summed E-state index contributed by atoms with van der Waals surface area (Å²) in [4.78, 5) is 12.0. The number of aryl methyl sites for hydroxylation is 3. The molecule has 2 rings (SSSR count). The molecule has 112 valence electrons. The molecule has 2 aromatic rings. The second kappa shape index (κ2) is 6.73. The summed E-state index contributed by atoms with van der Waals surface area (Å²) in [7, 11) is 0. The first-order valence-electron chi connectivity index (χ1n) is 6.52. The molecule has 1 amide bonds. The number of nitrogens with one attached hydrogen (secondary N) is 1. The Balaban J connectivity index is 1.96. The molecule has 0 bridgehead atoms. The minimum absolute atomic E-state index is 0.109. The number of carbonyl (C=O) groups is 1. The highest BCUT2D eigenvalue weighted by Gasteiger charge is 2.11. The number of amides is 1. The van der Waals surface area contributed by atoms with Crippen LogP contribution in [0.5, 0.6) is 0 Å². The second-order valence-corrected chi connectivity index (χ2v) is 5.70. The highest BCUT2D eigenvalue weighted by molar-refractivity contribution is 7.99. The molecule has 7 heteroatoms. The molecular weight excluding hydrogens is 288 g/mol. The first-order valence-corrected chi connectivity index (χ1v) is 7.51. The van der Waals surface area contributed by atoms with Crippen LogP contribution in [0.1, 0.15) is 22.6 Å². The lowest BCUT2D eigenvalue weighted by Crippen LogP contribution is -2.15. The van der Waals surface area contributed by atoms with Crippen LogP contribution in [0, 0.1) is 20.8 Å². The van der Waals surface area contributed by atoms with Crippen LogP contribution in [0.2, 0.25) is 0 Å². The number of benzene rings is 1. The molecule has 0 unspecified atom stereocenters. The fourth-order valence-corrected chi connectivity index (χ4v) is 2.64. The second-order valence-electron chi connectivity index (χ2n) is 4.78. The van der Waals surface area contributed by atoms with E-state index in [1.165, 1.54) is 17.3 Å². The lowest BCUT2D eigenvalue weighted by atomic mass is 10.1. The monoisotopic (exact) mass is 306 g/mol. The van der Waals surface area contributed by atoms with Crippen LogP contribution in [-0.4, -0.2) is 21.9 Å². The van der Waals surface area contributed by atoms with E-state index in [0.717, 1.165) is 16.8 Å². The molecule has 1 aromatic heterocycles. The number of thioether (sulfide) groups is 1. The van der Waals surface area contributed by atoms with Crippen molar-refractivity contribution >= 4 is 23.4 Å². The van der Waals surface area contributed by atoms with Crippen LogP contribution >= 0.6 is 11.8 Å². The van der Waals surface area contributed by atoms with Crippen molar-refractivity contribution in [2.75, 3.05) is 11.1 Å². The highest BCUT2D eigenvalue weighted by Crippen LogP contribution is 2.23. The highest BCUT2D eigenvalue weighted by atomic mass is 32.2. The predicted octanol–water partition coefficient (Wildman–Crippen LogP) is 2.18. The van der Waals surface area contributed by atoms with Crippen molar-refractivity contribution in [3.63, 3.8) is 0 Å². The largest absolute Gasteiger partial charge is 0.415 e. The molecular formula is C14H18N4O2S. The molecule has 21 heavy (non-hydrogen) atoms. The average Bonchev–Trinajstić information content (AvgIpc) is 2.88. The molecule has 0 aliphatic rings. The number of hydrogen-bond donors (Lipinski definition) is 2. The summed E-state index contributed by atoms with van der Waals surface area (Å²) in [6.45, 7) is 6.19. The Bertz CT molecular complexity index is 631. The van der Waals surface area contributed by atoms with E-state index in [0.29, 0.717) is 11.1 Å². The minimum atomic E-state index is -0.109. The third-order valence-corrected chi connectivity index (χ3v) is 3.71. The molecule has 0 atom stereocenters. The minimum Gasteiger partial charge on any atom is -0.415 e. The van der Waals surface area contributed by atoms with Gasteiger partial charge in [0.15, 0.2) is 0 Å². The van der Waals surface area contributed by atoms with Gasteiger partial charge in [-0.05, 0) is 31.9 Å². The maximum atomic E-state index is 12.0. The summed E-state index contributed by atoms with van der Waals surface area (Å²) in [6, 6.07) is 4.09. The standard InChI is InChI=1S/C14H18N4O2S/c1-8-4-9(2)13(10(3)5-8)16-11(19)7-21-14-18-17-12(6-15)20-14/h4-5H,6-7,15H2,1-3H3,(H,16,19). The van der Waals surface area contributed by atoms with Crippen LogP contribution < -0.4 is 11.1 Å². The Kier molecular flexibility index (Phi) is 4.98. The number of nitrogens with zero attached hydrogens (tertiary/aromatic N) is 2. The van der Waals surface area contributed by atoms with E-state index in [2.05, 4.69) is 15.5 Å². The molecule has 1 aromatic carbocycles. The zero-order valence-electron chi connectivity index (χ0n) is 12.3. The van der Waals surface area contributed by atoms with E-state index >= 15 is 0 Å². The van der Waals surface area contributed by atoms with Gasteiger partial charge in [0.05, 0.1) is 12.3 Å². The van der Waals surface area contributed by atoms with E-state index in [9.17, 15) is 4.79 Å². The summed E-state index contributed by atoms with van der Waals surface area (Å²) in [5.41, 5.74) is 9.52. The first-order chi connectivity index (χ1) is 9.99. The summed E-state index contributed by atoms with van der Waals surface area (Å²) in [6.07, 6.45) is 0. The van der Waals surface area contributed by atoms with E-state index in [-0.39, 0.29) is 18.2 Å². The maximum absolute atomic E-state index is 12.0. The average molecular weight is 306 g/mol. The van der Waals surface area contributed by atoms with Crippen LogP contribution in [0.3, 0.4) is 0 Å². The third-order valence-electron chi connectivity index (χ3n) is 2.89. The van der Waals surface area contributed by atoms with Gasteiger partial charge >= 0.3 is 0 Å². The van der Waals surface area contributed by atoms with Crippen molar-refractivity contribution in [3.8, 4) is 0 Å². The van der Waals surface area contributed by atoms with Crippen LogP contribution in [0.25, 0.3) is 0 Å². The van der Waals surface area contributed by atoms with Crippen molar-refractivity contribution in [1.82, 2.24) is 10.2 Å².